The Morgan fingerprint density at radius 3 is 2.68 bits per heavy atom. The van der Waals surface area contributed by atoms with Crippen molar-refractivity contribution in [1.29, 1.82) is 0 Å². The minimum Gasteiger partial charge on any atom is -0.452 e. The van der Waals surface area contributed by atoms with Gasteiger partial charge in [0.05, 0.1) is 12.3 Å². The average Bonchev–Trinajstić information content (AvgIpc) is 3.36. The van der Waals surface area contributed by atoms with E-state index >= 15 is 0 Å². The summed E-state index contributed by atoms with van der Waals surface area (Å²) in [6.45, 7) is 2.11. The van der Waals surface area contributed by atoms with Crippen LogP contribution in [-0.2, 0) is 20.9 Å². The third-order valence-electron chi connectivity index (χ3n) is 3.90. The topological polar surface area (TPSA) is 100 Å². The molecule has 1 atom stereocenters. The second kappa shape index (κ2) is 7.69. The van der Waals surface area contributed by atoms with Gasteiger partial charge in [-0.25, -0.2) is 0 Å². The third-order valence-corrected chi connectivity index (χ3v) is 4.84. The number of ether oxygens (including phenoxy) is 1. The summed E-state index contributed by atoms with van der Waals surface area (Å²) < 4.78 is 7.02. The summed E-state index contributed by atoms with van der Waals surface area (Å²) in [7, 11) is 0. The lowest BCUT2D eigenvalue weighted by atomic mass is 10.2. The standard InChI is InChI=1S/C17H20N4O3S/c1-11(15(18)23)24-14(22)10-25-17-20-19-16(13-7-8-13)21(17)9-12-5-3-2-4-6-12/h2-6,11,13H,7-10H2,1H3,(H2,18,23)/t11-/m0/s1. The minimum absolute atomic E-state index is 0.0508. The number of hydrogen-bond donors (Lipinski definition) is 1. The number of rotatable bonds is 8. The van der Waals surface area contributed by atoms with Crippen molar-refractivity contribution in [3.63, 3.8) is 0 Å². The molecule has 1 amide bonds. The number of carbonyl (C=O) groups excluding carboxylic acids is 2. The highest BCUT2D eigenvalue weighted by atomic mass is 32.2. The van der Waals surface area contributed by atoms with Crippen LogP contribution < -0.4 is 5.73 Å². The number of carbonyl (C=O) groups is 2. The van der Waals surface area contributed by atoms with Crippen LogP contribution in [0.25, 0.3) is 0 Å². The molecule has 1 aliphatic rings. The molecule has 25 heavy (non-hydrogen) atoms. The molecular weight excluding hydrogens is 340 g/mol. The molecule has 7 nitrogen and oxygen atoms in total. The predicted molar refractivity (Wildman–Crippen MR) is 93.0 cm³/mol. The molecule has 0 spiro atoms. The van der Waals surface area contributed by atoms with E-state index in [1.807, 2.05) is 30.3 Å². The summed E-state index contributed by atoms with van der Waals surface area (Å²) in [5.41, 5.74) is 6.24. The van der Waals surface area contributed by atoms with Gasteiger partial charge in [0.15, 0.2) is 11.3 Å². The van der Waals surface area contributed by atoms with E-state index in [0.717, 1.165) is 24.2 Å². The first-order chi connectivity index (χ1) is 12.0. The lowest BCUT2D eigenvalue weighted by Gasteiger charge is -2.11. The van der Waals surface area contributed by atoms with Crippen molar-refractivity contribution in [1.82, 2.24) is 14.8 Å². The monoisotopic (exact) mass is 360 g/mol. The summed E-state index contributed by atoms with van der Waals surface area (Å²) in [6.07, 6.45) is 1.31. The Bertz CT molecular complexity index is 759. The summed E-state index contributed by atoms with van der Waals surface area (Å²) >= 11 is 1.26. The van der Waals surface area contributed by atoms with E-state index in [1.165, 1.54) is 18.7 Å². The average molecular weight is 360 g/mol. The van der Waals surface area contributed by atoms with Crippen LogP contribution in [0.3, 0.4) is 0 Å². The van der Waals surface area contributed by atoms with Crippen LogP contribution in [0.15, 0.2) is 35.5 Å². The summed E-state index contributed by atoms with van der Waals surface area (Å²) in [4.78, 5) is 22.8. The first-order valence-corrected chi connectivity index (χ1v) is 9.11. The number of aromatic nitrogens is 3. The molecule has 2 N–H and O–H groups in total. The Balaban J connectivity index is 1.69. The van der Waals surface area contributed by atoms with Crippen LogP contribution in [0.1, 0.15) is 37.1 Å². The van der Waals surface area contributed by atoms with Gasteiger partial charge >= 0.3 is 5.97 Å². The van der Waals surface area contributed by atoms with Gasteiger partial charge in [0.1, 0.15) is 5.82 Å². The van der Waals surface area contributed by atoms with E-state index < -0.39 is 18.0 Å². The van der Waals surface area contributed by atoms with E-state index in [2.05, 4.69) is 14.8 Å². The van der Waals surface area contributed by atoms with Gasteiger partial charge in [-0.05, 0) is 25.3 Å². The van der Waals surface area contributed by atoms with Crippen LogP contribution in [0.5, 0.6) is 0 Å². The molecule has 1 aromatic carbocycles. The Kier molecular flexibility index (Phi) is 5.37. The Labute approximate surface area is 149 Å². The maximum Gasteiger partial charge on any atom is 0.317 e. The molecular formula is C17H20N4O3S. The largest absolute Gasteiger partial charge is 0.452 e. The number of nitrogens with zero attached hydrogens (tertiary/aromatic N) is 3. The van der Waals surface area contributed by atoms with Crippen LogP contribution >= 0.6 is 11.8 Å². The molecule has 132 valence electrons. The normalized spacial score (nSPS) is 14.9. The number of amides is 1. The van der Waals surface area contributed by atoms with E-state index in [4.69, 9.17) is 10.5 Å². The molecule has 0 bridgehead atoms. The van der Waals surface area contributed by atoms with Crippen molar-refractivity contribution in [3.8, 4) is 0 Å². The SMILES string of the molecule is C[C@H](OC(=O)CSc1nnc(C2CC2)n1Cc1ccccc1)C(N)=O. The fourth-order valence-corrected chi connectivity index (χ4v) is 3.11. The Morgan fingerprint density at radius 2 is 2.04 bits per heavy atom. The molecule has 0 unspecified atom stereocenters. The number of primary amides is 1. The van der Waals surface area contributed by atoms with E-state index in [-0.39, 0.29) is 5.75 Å². The van der Waals surface area contributed by atoms with Gasteiger partial charge in [-0.15, -0.1) is 10.2 Å². The molecule has 1 fully saturated rings. The smallest absolute Gasteiger partial charge is 0.317 e. The van der Waals surface area contributed by atoms with Crippen molar-refractivity contribution in [2.24, 2.45) is 5.73 Å². The van der Waals surface area contributed by atoms with Crippen LogP contribution in [0.2, 0.25) is 0 Å². The van der Waals surface area contributed by atoms with E-state index in [1.54, 1.807) is 0 Å². The highest BCUT2D eigenvalue weighted by molar-refractivity contribution is 7.99. The summed E-state index contributed by atoms with van der Waals surface area (Å²) in [6, 6.07) is 10.1. The van der Waals surface area contributed by atoms with Gasteiger partial charge in [-0.2, -0.15) is 0 Å². The molecule has 0 aliphatic heterocycles. The van der Waals surface area contributed by atoms with Crippen LogP contribution in [0.4, 0.5) is 0 Å². The fraction of sp³-hybridized carbons (Fsp3) is 0.412. The molecule has 1 heterocycles. The van der Waals surface area contributed by atoms with Crippen molar-refractivity contribution in [2.75, 3.05) is 5.75 Å². The van der Waals surface area contributed by atoms with Crippen molar-refractivity contribution in [2.45, 2.75) is 43.5 Å². The van der Waals surface area contributed by atoms with E-state index in [0.29, 0.717) is 17.6 Å². The number of esters is 1. The lowest BCUT2D eigenvalue weighted by molar-refractivity contribution is -0.151. The number of thioether (sulfide) groups is 1. The number of nitrogens with two attached hydrogens (primary N) is 1. The lowest BCUT2D eigenvalue weighted by Crippen LogP contribution is -2.31. The Morgan fingerprint density at radius 1 is 1.32 bits per heavy atom. The minimum atomic E-state index is -0.933. The van der Waals surface area contributed by atoms with Gasteiger partial charge < -0.3 is 15.0 Å². The van der Waals surface area contributed by atoms with Crippen molar-refractivity contribution < 1.29 is 14.3 Å². The van der Waals surface area contributed by atoms with Crippen molar-refractivity contribution >= 4 is 23.6 Å². The summed E-state index contributed by atoms with van der Waals surface area (Å²) in [5, 5.41) is 9.22. The molecule has 3 rings (SSSR count). The van der Waals surface area contributed by atoms with Gasteiger partial charge in [0.25, 0.3) is 5.91 Å². The second-order valence-corrected chi connectivity index (χ2v) is 6.95. The van der Waals surface area contributed by atoms with Gasteiger partial charge in [0.2, 0.25) is 0 Å². The quantitative estimate of drug-likeness (QED) is 0.568. The molecule has 0 radical (unpaired) electrons. The maximum atomic E-state index is 11.8. The van der Waals surface area contributed by atoms with E-state index in [9.17, 15) is 9.59 Å². The molecule has 1 aromatic heterocycles. The number of hydrogen-bond acceptors (Lipinski definition) is 6. The van der Waals surface area contributed by atoms with Gasteiger partial charge in [-0.1, -0.05) is 42.1 Å². The molecule has 2 aromatic rings. The molecule has 8 heteroatoms. The first kappa shape index (κ1) is 17.5. The molecule has 1 aliphatic carbocycles. The zero-order chi connectivity index (χ0) is 17.8. The first-order valence-electron chi connectivity index (χ1n) is 8.13. The van der Waals surface area contributed by atoms with Gasteiger partial charge in [0, 0.05) is 5.92 Å². The molecule has 1 saturated carbocycles. The Hall–Kier alpha value is -2.35. The molecule has 0 saturated heterocycles. The third kappa shape index (κ3) is 4.60. The fourth-order valence-electron chi connectivity index (χ4n) is 2.38. The zero-order valence-electron chi connectivity index (χ0n) is 13.9. The van der Waals surface area contributed by atoms with Crippen LogP contribution in [0, 0.1) is 0 Å². The van der Waals surface area contributed by atoms with Gasteiger partial charge in [-0.3, -0.25) is 9.59 Å². The highest BCUT2D eigenvalue weighted by Gasteiger charge is 2.30. The van der Waals surface area contributed by atoms with Crippen molar-refractivity contribution in [3.05, 3.63) is 41.7 Å². The van der Waals surface area contributed by atoms with Crippen LogP contribution in [-0.4, -0.2) is 38.5 Å². The zero-order valence-corrected chi connectivity index (χ0v) is 14.7. The number of benzene rings is 1. The maximum absolute atomic E-state index is 11.8. The summed E-state index contributed by atoms with van der Waals surface area (Å²) in [5.74, 6) is 0.299. The predicted octanol–water partition coefficient (Wildman–Crippen LogP) is 1.71. The highest BCUT2D eigenvalue weighted by Crippen LogP contribution is 2.40. The second-order valence-electron chi connectivity index (χ2n) is 6.01.